The topological polar surface area (TPSA) is 104 Å². The predicted octanol–water partition coefficient (Wildman–Crippen LogP) is 3.47. The molecule has 0 saturated carbocycles. The summed E-state index contributed by atoms with van der Waals surface area (Å²) in [6.07, 6.45) is -2.64. The van der Waals surface area contributed by atoms with E-state index in [9.17, 15) is 9.59 Å². The molecular formula is C26H43N5O6Si. The van der Waals surface area contributed by atoms with Gasteiger partial charge in [-0.25, -0.2) is 17.9 Å². The van der Waals surface area contributed by atoms with E-state index in [4.69, 9.17) is 31.8 Å². The summed E-state index contributed by atoms with van der Waals surface area (Å²) in [7, 11) is -2.44. The molecule has 1 aliphatic rings. The molecule has 2 rings (SSSR count). The SMILES string of the molecule is [C-]#[N+]CCOC(OC1[C@@H](C[N+]#[C-])O[C@@H](n2ccc(=O)[nH]c2=O)[C@H]1O[Si](C)(C)C(C)(C)C)N(C(C)C)C(C)C. The molecule has 1 saturated heterocycles. The maximum Gasteiger partial charge on any atom is 0.330 e. The van der Waals surface area contributed by atoms with Gasteiger partial charge < -0.3 is 28.3 Å². The zero-order valence-electron chi connectivity index (χ0n) is 24.1. The summed E-state index contributed by atoms with van der Waals surface area (Å²) < 4.78 is 27.1. The molecule has 11 nitrogen and oxygen atoms in total. The Hall–Kier alpha value is -2.32. The van der Waals surface area contributed by atoms with E-state index in [1.807, 2.05) is 32.6 Å². The summed E-state index contributed by atoms with van der Waals surface area (Å²) in [6.45, 7) is 33.7. The number of nitrogens with one attached hydrogen (secondary N) is 1. The second-order valence-electron chi connectivity index (χ2n) is 11.6. The fraction of sp³-hybridized carbons (Fsp3) is 0.769. The molecule has 1 N–H and O–H groups in total. The molecule has 0 spiro atoms. The highest BCUT2D eigenvalue weighted by molar-refractivity contribution is 6.74. The molecule has 0 radical (unpaired) electrons. The summed E-state index contributed by atoms with van der Waals surface area (Å²) in [5.74, 6) is 0. The van der Waals surface area contributed by atoms with E-state index >= 15 is 0 Å². The second kappa shape index (κ2) is 13.2. The van der Waals surface area contributed by atoms with Crippen molar-refractivity contribution in [2.75, 3.05) is 19.7 Å². The van der Waals surface area contributed by atoms with Crippen LogP contribution in [0.15, 0.2) is 21.9 Å². The molecule has 2 heterocycles. The van der Waals surface area contributed by atoms with E-state index in [0.717, 1.165) is 0 Å². The minimum absolute atomic E-state index is 0.0191. The summed E-state index contributed by atoms with van der Waals surface area (Å²) in [6, 6.07) is 1.35. The first kappa shape index (κ1) is 31.9. The fourth-order valence-corrected chi connectivity index (χ4v) is 5.50. The summed E-state index contributed by atoms with van der Waals surface area (Å²) in [4.78, 5) is 35.9. The van der Waals surface area contributed by atoms with E-state index in [-0.39, 0.29) is 36.8 Å². The highest BCUT2D eigenvalue weighted by atomic mass is 28.4. The van der Waals surface area contributed by atoms with E-state index < -0.39 is 50.5 Å². The molecule has 0 amide bonds. The molecule has 1 fully saturated rings. The Morgan fingerprint density at radius 3 is 2.26 bits per heavy atom. The summed E-state index contributed by atoms with van der Waals surface area (Å²) >= 11 is 0. The average molecular weight is 550 g/mol. The van der Waals surface area contributed by atoms with Crippen molar-refractivity contribution in [1.29, 1.82) is 0 Å². The Kier molecular flexibility index (Phi) is 11.0. The van der Waals surface area contributed by atoms with Gasteiger partial charge in [-0.15, -0.1) is 0 Å². The van der Waals surface area contributed by atoms with Gasteiger partial charge in [-0.3, -0.25) is 19.2 Å². The van der Waals surface area contributed by atoms with E-state index in [2.05, 4.69) is 48.5 Å². The van der Waals surface area contributed by atoms with Gasteiger partial charge in [0.2, 0.25) is 19.5 Å². The third kappa shape index (κ3) is 7.62. The van der Waals surface area contributed by atoms with Crippen molar-refractivity contribution >= 4 is 8.32 Å². The quantitative estimate of drug-likeness (QED) is 0.184. The maximum atomic E-state index is 12.8. The number of hydrogen-bond acceptors (Lipinski definition) is 7. The first-order valence-electron chi connectivity index (χ1n) is 13.0. The van der Waals surface area contributed by atoms with Gasteiger partial charge >= 0.3 is 5.69 Å². The van der Waals surface area contributed by atoms with Gasteiger partial charge in [0.05, 0.1) is 0 Å². The minimum Gasteiger partial charge on any atom is -0.407 e. The molecule has 0 bridgehead atoms. The number of ether oxygens (including phenoxy) is 3. The number of aromatic amines is 1. The number of aromatic nitrogens is 2. The number of nitrogens with zero attached hydrogens (tertiary/aromatic N) is 4. The van der Waals surface area contributed by atoms with Gasteiger partial charge in [-0.2, -0.15) is 0 Å². The van der Waals surface area contributed by atoms with E-state index in [0.29, 0.717) is 0 Å². The molecule has 2 unspecified atom stereocenters. The van der Waals surface area contributed by atoms with E-state index in [1.165, 1.54) is 16.8 Å². The fourth-order valence-electron chi connectivity index (χ4n) is 4.22. The number of hydrogen-bond donors (Lipinski definition) is 1. The van der Waals surface area contributed by atoms with Gasteiger partial charge in [0, 0.05) is 24.3 Å². The van der Waals surface area contributed by atoms with Crippen molar-refractivity contribution < 1.29 is 18.6 Å². The Morgan fingerprint density at radius 2 is 1.76 bits per heavy atom. The van der Waals surface area contributed by atoms with Crippen molar-refractivity contribution in [1.82, 2.24) is 14.5 Å². The first-order valence-corrected chi connectivity index (χ1v) is 15.9. The maximum absolute atomic E-state index is 12.8. The Bertz CT molecular complexity index is 1110. The monoisotopic (exact) mass is 549 g/mol. The van der Waals surface area contributed by atoms with Gasteiger partial charge in [-0.1, -0.05) is 20.8 Å². The molecule has 1 aromatic heterocycles. The van der Waals surface area contributed by atoms with Crippen LogP contribution in [0.5, 0.6) is 0 Å². The van der Waals surface area contributed by atoms with Crippen molar-refractivity contribution in [2.24, 2.45) is 0 Å². The van der Waals surface area contributed by atoms with Gasteiger partial charge in [0.1, 0.15) is 18.8 Å². The van der Waals surface area contributed by atoms with Crippen LogP contribution in [0, 0.1) is 13.1 Å². The van der Waals surface area contributed by atoms with Crippen LogP contribution in [0.2, 0.25) is 18.1 Å². The van der Waals surface area contributed by atoms with Crippen LogP contribution >= 0.6 is 0 Å². The molecule has 38 heavy (non-hydrogen) atoms. The third-order valence-electron chi connectivity index (χ3n) is 7.09. The summed E-state index contributed by atoms with van der Waals surface area (Å²) in [5.41, 5.74) is -1.15. The van der Waals surface area contributed by atoms with Crippen molar-refractivity contribution in [3.8, 4) is 0 Å². The molecular weight excluding hydrogens is 506 g/mol. The second-order valence-corrected chi connectivity index (χ2v) is 16.3. The van der Waals surface area contributed by atoms with Crippen LogP contribution < -0.4 is 11.2 Å². The molecule has 5 atom stereocenters. The standard InChI is InChI=1S/C26H43N5O6Si/c1-17(2)31(18(3)4)25(34-15-13-27-8)36-21-19(16-28-9)35-23(30-14-12-20(32)29-24(30)33)22(21)37-38(10,11)26(5,6)7/h12,14,17-19,21-23,25H,13,15-16H2,1-7,10-11H3,(H,29,32,33)/t19-,21?,22+,23-,25?/m1/s1. The summed E-state index contributed by atoms with van der Waals surface area (Å²) in [5, 5.41) is -0.163. The highest BCUT2D eigenvalue weighted by Crippen LogP contribution is 2.43. The average Bonchev–Trinajstić information content (AvgIpc) is 3.09. The van der Waals surface area contributed by atoms with Gasteiger partial charge in [-0.05, 0) is 45.8 Å². The van der Waals surface area contributed by atoms with Crippen LogP contribution in [0.4, 0.5) is 0 Å². The lowest BCUT2D eigenvalue weighted by Crippen LogP contribution is -2.54. The van der Waals surface area contributed by atoms with Crippen LogP contribution in [-0.2, 0) is 18.6 Å². The predicted molar refractivity (Wildman–Crippen MR) is 147 cm³/mol. The Morgan fingerprint density at radius 1 is 1.13 bits per heavy atom. The van der Waals surface area contributed by atoms with Crippen molar-refractivity contribution in [3.05, 3.63) is 55.9 Å². The zero-order chi connectivity index (χ0) is 28.8. The zero-order valence-corrected chi connectivity index (χ0v) is 25.1. The highest BCUT2D eigenvalue weighted by Gasteiger charge is 2.54. The number of rotatable bonds is 12. The Balaban J connectivity index is 2.62. The third-order valence-corrected chi connectivity index (χ3v) is 11.6. The molecule has 1 aliphatic heterocycles. The largest absolute Gasteiger partial charge is 0.407 e. The number of H-pyrrole nitrogens is 1. The van der Waals surface area contributed by atoms with Crippen molar-refractivity contribution in [2.45, 2.75) is 110 Å². The molecule has 212 valence electrons. The van der Waals surface area contributed by atoms with Gasteiger partial charge in [0.25, 0.3) is 5.56 Å². The molecule has 0 aromatic carbocycles. The lowest BCUT2D eigenvalue weighted by molar-refractivity contribution is -0.269. The molecule has 12 heteroatoms. The lowest BCUT2D eigenvalue weighted by Gasteiger charge is -2.42. The van der Waals surface area contributed by atoms with Crippen molar-refractivity contribution in [3.63, 3.8) is 0 Å². The molecule has 1 aromatic rings. The minimum atomic E-state index is -2.44. The molecule has 0 aliphatic carbocycles. The first-order chi connectivity index (χ1) is 17.6. The van der Waals surface area contributed by atoms with Gasteiger partial charge in [0.15, 0.2) is 20.6 Å². The van der Waals surface area contributed by atoms with E-state index in [1.54, 1.807) is 0 Å². The Labute approximate surface area is 226 Å². The van der Waals surface area contributed by atoms with Crippen LogP contribution in [0.3, 0.4) is 0 Å². The van der Waals surface area contributed by atoms with Crippen LogP contribution in [0.25, 0.3) is 9.69 Å². The van der Waals surface area contributed by atoms with Crippen LogP contribution in [0.1, 0.15) is 54.7 Å². The van der Waals surface area contributed by atoms with Crippen LogP contribution in [-0.4, -0.2) is 79.3 Å². The smallest absolute Gasteiger partial charge is 0.330 e. The lowest BCUT2D eigenvalue weighted by atomic mass is 10.1. The normalized spacial score (nSPS) is 23.1.